The molecule has 7 nitrogen and oxygen atoms in total. The molecule has 0 bridgehead atoms. The fourth-order valence-electron chi connectivity index (χ4n) is 3.21. The second kappa shape index (κ2) is 11.3. The van der Waals surface area contributed by atoms with Gasteiger partial charge in [-0.05, 0) is 77.8 Å². The number of hydrogen-bond donors (Lipinski definition) is 0. The van der Waals surface area contributed by atoms with Gasteiger partial charge in [-0.3, -0.25) is 4.79 Å². The van der Waals surface area contributed by atoms with Gasteiger partial charge < -0.3 is 23.7 Å². The van der Waals surface area contributed by atoms with Crippen LogP contribution in [0.25, 0.3) is 0 Å². The molecule has 0 aromatic heterocycles. The molecular formula is C27H36O7. The van der Waals surface area contributed by atoms with Crippen LogP contribution in [0.15, 0.2) is 36.4 Å². The molecule has 0 unspecified atom stereocenters. The number of Topliss-reactive ketones (excluding diaryl/α,β-unsaturated/α-hetero) is 1. The molecule has 2 rings (SSSR count). The average molecular weight is 473 g/mol. The van der Waals surface area contributed by atoms with Crippen molar-refractivity contribution in [1.29, 1.82) is 0 Å². The number of ether oxygens (including phenoxy) is 5. The Morgan fingerprint density at radius 3 is 2.12 bits per heavy atom. The van der Waals surface area contributed by atoms with E-state index in [-0.39, 0.29) is 18.8 Å². The van der Waals surface area contributed by atoms with Crippen LogP contribution in [0, 0.1) is 0 Å². The molecule has 0 aliphatic carbocycles. The molecule has 2 aromatic rings. The Kier molecular flexibility index (Phi) is 8.96. The topological polar surface area (TPSA) is 80.3 Å². The van der Waals surface area contributed by atoms with Gasteiger partial charge in [-0.25, -0.2) is 4.79 Å². The van der Waals surface area contributed by atoms with Crippen LogP contribution in [0.4, 0.5) is 0 Å². The Labute approximate surface area is 202 Å². The largest absolute Gasteiger partial charge is 0.493 e. The summed E-state index contributed by atoms with van der Waals surface area (Å²) in [6.07, 6.45) is 0.767. The molecule has 186 valence electrons. The number of benzene rings is 2. The van der Waals surface area contributed by atoms with Crippen molar-refractivity contribution in [3.05, 3.63) is 47.5 Å². The third-order valence-electron chi connectivity index (χ3n) is 4.49. The monoisotopic (exact) mass is 472 g/mol. The van der Waals surface area contributed by atoms with E-state index in [1.807, 2.05) is 32.9 Å². The Balaban J connectivity index is 2.09. The minimum absolute atomic E-state index is 0.0456. The summed E-state index contributed by atoms with van der Waals surface area (Å²) in [5.74, 6) is 1.55. The van der Waals surface area contributed by atoms with Crippen LogP contribution in [-0.2, 0) is 16.0 Å². The van der Waals surface area contributed by atoms with Gasteiger partial charge in [0.15, 0.2) is 23.9 Å². The lowest BCUT2D eigenvalue weighted by Gasteiger charge is -2.24. The Bertz CT molecular complexity index is 997. The van der Waals surface area contributed by atoms with Crippen molar-refractivity contribution in [2.24, 2.45) is 0 Å². The molecule has 2 aromatic carbocycles. The van der Waals surface area contributed by atoms with E-state index in [0.717, 1.165) is 5.56 Å². The molecule has 0 aliphatic rings. The van der Waals surface area contributed by atoms with E-state index in [9.17, 15) is 9.59 Å². The third kappa shape index (κ3) is 8.61. The maximum absolute atomic E-state index is 12.9. The molecule has 0 saturated heterocycles. The van der Waals surface area contributed by atoms with E-state index >= 15 is 0 Å². The maximum Gasteiger partial charge on any atom is 0.344 e. The SMILES string of the molecule is COc1cc(CCC(=O)c2cccc(OCC(=O)OC(C)(C)C)c2)cc(OC(C)(C)C)c1OC. The molecule has 0 atom stereocenters. The lowest BCUT2D eigenvalue weighted by Crippen LogP contribution is -2.27. The second-order valence-corrected chi connectivity index (χ2v) is 9.87. The first-order valence-corrected chi connectivity index (χ1v) is 11.2. The maximum atomic E-state index is 12.9. The van der Waals surface area contributed by atoms with Crippen molar-refractivity contribution in [3.8, 4) is 23.0 Å². The van der Waals surface area contributed by atoms with Gasteiger partial charge in [0.05, 0.1) is 14.2 Å². The normalized spacial score (nSPS) is 11.5. The number of aryl methyl sites for hydroxylation is 1. The van der Waals surface area contributed by atoms with Crippen LogP contribution in [0.2, 0.25) is 0 Å². The number of hydrogen-bond acceptors (Lipinski definition) is 7. The van der Waals surface area contributed by atoms with Crippen LogP contribution in [0.1, 0.15) is 63.9 Å². The molecule has 0 N–H and O–H groups in total. The molecular weight excluding hydrogens is 436 g/mol. The summed E-state index contributed by atoms with van der Waals surface area (Å²) in [5.41, 5.74) is 0.392. The van der Waals surface area contributed by atoms with Crippen molar-refractivity contribution >= 4 is 11.8 Å². The van der Waals surface area contributed by atoms with Gasteiger partial charge in [-0.1, -0.05) is 12.1 Å². The Morgan fingerprint density at radius 1 is 0.853 bits per heavy atom. The number of carbonyl (C=O) groups is 2. The number of methoxy groups -OCH3 is 2. The van der Waals surface area contributed by atoms with Crippen molar-refractivity contribution in [2.75, 3.05) is 20.8 Å². The predicted octanol–water partition coefficient (Wildman–Crippen LogP) is 5.42. The highest BCUT2D eigenvalue weighted by Crippen LogP contribution is 2.40. The van der Waals surface area contributed by atoms with Crippen molar-refractivity contribution in [1.82, 2.24) is 0 Å². The molecule has 0 aliphatic heterocycles. The van der Waals surface area contributed by atoms with Crippen LogP contribution in [0.5, 0.6) is 23.0 Å². The number of carbonyl (C=O) groups excluding carboxylic acids is 2. The van der Waals surface area contributed by atoms with Crippen LogP contribution in [-0.4, -0.2) is 43.8 Å². The molecule has 34 heavy (non-hydrogen) atoms. The summed E-state index contributed by atoms with van der Waals surface area (Å²) in [5, 5.41) is 0. The Hall–Kier alpha value is -3.22. The minimum atomic E-state index is -0.583. The quantitative estimate of drug-likeness (QED) is 0.337. The lowest BCUT2D eigenvalue weighted by atomic mass is 10.0. The fourth-order valence-corrected chi connectivity index (χ4v) is 3.21. The number of esters is 1. The average Bonchev–Trinajstić information content (AvgIpc) is 2.73. The van der Waals surface area contributed by atoms with Crippen molar-refractivity contribution in [3.63, 3.8) is 0 Å². The van der Waals surface area contributed by atoms with Gasteiger partial charge in [0.25, 0.3) is 0 Å². The summed E-state index contributed by atoms with van der Waals surface area (Å²) in [4.78, 5) is 24.7. The second-order valence-electron chi connectivity index (χ2n) is 9.87. The van der Waals surface area contributed by atoms with Gasteiger partial charge >= 0.3 is 5.97 Å². The zero-order valence-corrected chi connectivity index (χ0v) is 21.4. The van der Waals surface area contributed by atoms with Crippen molar-refractivity contribution < 1.29 is 33.3 Å². The van der Waals surface area contributed by atoms with Gasteiger partial charge in [0, 0.05) is 12.0 Å². The minimum Gasteiger partial charge on any atom is -0.493 e. The van der Waals surface area contributed by atoms with Crippen LogP contribution >= 0.6 is 0 Å². The first kappa shape index (κ1) is 27.0. The first-order valence-electron chi connectivity index (χ1n) is 11.2. The van der Waals surface area contributed by atoms with Gasteiger partial charge in [0.2, 0.25) is 5.75 Å². The van der Waals surface area contributed by atoms with E-state index in [0.29, 0.717) is 35.0 Å². The standard InChI is InChI=1S/C27H36O7/c1-26(2,3)33-23-15-18(14-22(30-7)25(23)31-8)12-13-21(28)19-10-9-11-20(16-19)32-17-24(29)34-27(4,5)6/h9-11,14-16H,12-13,17H2,1-8H3. The number of rotatable bonds is 10. The summed E-state index contributed by atoms with van der Waals surface area (Å²) in [6, 6.07) is 10.5. The van der Waals surface area contributed by atoms with Crippen LogP contribution < -0.4 is 18.9 Å². The highest BCUT2D eigenvalue weighted by Gasteiger charge is 2.20. The van der Waals surface area contributed by atoms with E-state index in [1.54, 1.807) is 59.3 Å². The van der Waals surface area contributed by atoms with Gasteiger partial charge in [-0.15, -0.1) is 0 Å². The molecule has 0 radical (unpaired) electrons. The van der Waals surface area contributed by atoms with E-state index in [2.05, 4.69) is 0 Å². The molecule has 0 fully saturated rings. The summed E-state index contributed by atoms with van der Waals surface area (Å²) in [7, 11) is 3.13. The smallest absolute Gasteiger partial charge is 0.344 e. The molecule has 0 heterocycles. The Morgan fingerprint density at radius 2 is 1.53 bits per heavy atom. The van der Waals surface area contributed by atoms with Gasteiger partial charge in [0.1, 0.15) is 17.0 Å². The highest BCUT2D eigenvalue weighted by molar-refractivity contribution is 5.96. The van der Waals surface area contributed by atoms with E-state index < -0.39 is 17.2 Å². The molecule has 0 saturated carbocycles. The predicted molar refractivity (Wildman–Crippen MR) is 130 cm³/mol. The van der Waals surface area contributed by atoms with E-state index in [1.165, 1.54) is 0 Å². The van der Waals surface area contributed by atoms with Crippen molar-refractivity contribution in [2.45, 2.75) is 65.6 Å². The van der Waals surface area contributed by atoms with Gasteiger partial charge in [-0.2, -0.15) is 0 Å². The lowest BCUT2D eigenvalue weighted by molar-refractivity contribution is -0.157. The molecule has 0 spiro atoms. The highest BCUT2D eigenvalue weighted by atomic mass is 16.6. The molecule has 0 amide bonds. The zero-order valence-electron chi connectivity index (χ0n) is 21.4. The number of ketones is 1. The zero-order chi connectivity index (χ0) is 25.5. The van der Waals surface area contributed by atoms with Crippen LogP contribution in [0.3, 0.4) is 0 Å². The fraction of sp³-hybridized carbons (Fsp3) is 0.481. The summed E-state index contributed by atoms with van der Waals surface area (Å²) < 4.78 is 27.7. The molecule has 7 heteroatoms. The summed E-state index contributed by atoms with van der Waals surface area (Å²) in [6.45, 7) is 11.0. The third-order valence-corrected chi connectivity index (χ3v) is 4.49. The first-order chi connectivity index (χ1) is 15.8. The summed E-state index contributed by atoms with van der Waals surface area (Å²) >= 11 is 0. The van der Waals surface area contributed by atoms with E-state index in [4.69, 9.17) is 23.7 Å².